The first-order valence-corrected chi connectivity index (χ1v) is 7.61. The average molecular weight is 263 g/mol. The van der Waals surface area contributed by atoms with Crippen molar-refractivity contribution < 1.29 is 13.2 Å². The van der Waals surface area contributed by atoms with Crippen molar-refractivity contribution >= 4 is 10.2 Å². The van der Waals surface area contributed by atoms with E-state index in [9.17, 15) is 8.42 Å². The van der Waals surface area contributed by atoms with Crippen molar-refractivity contribution in [2.45, 2.75) is 31.9 Å². The molecule has 0 aromatic rings. The van der Waals surface area contributed by atoms with Crippen molar-refractivity contribution in [1.29, 1.82) is 0 Å². The zero-order valence-electron chi connectivity index (χ0n) is 10.2. The van der Waals surface area contributed by atoms with Gasteiger partial charge < -0.3 is 10.1 Å². The molecule has 6 nitrogen and oxygen atoms in total. The smallest absolute Gasteiger partial charge is 0.279 e. The van der Waals surface area contributed by atoms with Crippen molar-refractivity contribution in [2.75, 3.05) is 32.8 Å². The second kappa shape index (κ2) is 5.62. The molecule has 0 spiro atoms. The molecule has 2 saturated heterocycles. The van der Waals surface area contributed by atoms with Crippen LogP contribution in [-0.4, -0.2) is 57.7 Å². The van der Waals surface area contributed by atoms with Gasteiger partial charge in [-0.15, -0.1) is 0 Å². The summed E-state index contributed by atoms with van der Waals surface area (Å²) in [6, 6.07) is 0.0126. The van der Waals surface area contributed by atoms with E-state index in [0.717, 1.165) is 25.9 Å². The maximum Gasteiger partial charge on any atom is 0.279 e. The van der Waals surface area contributed by atoms with E-state index in [1.165, 1.54) is 4.31 Å². The first-order chi connectivity index (χ1) is 8.08. The van der Waals surface area contributed by atoms with Gasteiger partial charge in [0.15, 0.2) is 0 Å². The number of rotatable bonds is 3. The Morgan fingerprint density at radius 1 is 1.35 bits per heavy atom. The molecule has 7 heteroatoms. The van der Waals surface area contributed by atoms with Gasteiger partial charge in [-0.1, -0.05) is 0 Å². The minimum absolute atomic E-state index is 0.0126. The minimum atomic E-state index is -3.32. The van der Waals surface area contributed by atoms with E-state index < -0.39 is 10.2 Å². The lowest BCUT2D eigenvalue weighted by Gasteiger charge is -2.32. The van der Waals surface area contributed by atoms with Crippen LogP contribution >= 0.6 is 0 Å². The normalized spacial score (nSPS) is 32.5. The molecule has 0 amide bonds. The van der Waals surface area contributed by atoms with E-state index >= 15 is 0 Å². The van der Waals surface area contributed by atoms with E-state index in [1.807, 2.05) is 6.92 Å². The Morgan fingerprint density at radius 2 is 2.06 bits per heavy atom. The highest BCUT2D eigenvalue weighted by Crippen LogP contribution is 2.15. The maximum atomic E-state index is 12.1. The van der Waals surface area contributed by atoms with Crippen LogP contribution in [0.1, 0.15) is 19.8 Å². The molecule has 2 heterocycles. The highest BCUT2D eigenvalue weighted by molar-refractivity contribution is 7.87. The lowest BCUT2D eigenvalue weighted by atomic mass is 10.1. The summed E-state index contributed by atoms with van der Waals surface area (Å²) in [7, 11) is -3.32. The second-order valence-electron chi connectivity index (χ2n) is 4.67. The van der Waals surface area contributed by atoms with Crippen molar-refractivity contribution in [1.82, 2.24) is 14.3 Å². The highest BCUT2D eigenvalue weighted by atomic mass is 32.2. The molecule has 0 aromatic carbocycles. The third-order valence-corrected chi connectivity index (χ3v) is 4.89. The van der Waals surface area contributed by atoms with Crippen LogP contribution in [0.3, 0.4) is 0 Å². The van der Waals surface area contributed by atoms with E-state index in [-0.39, 0.29) is 12.1 Å². The van der Waals surface area contributed by atoms with Gasteiger partial charge >= 0.3 is 0 Å². The van der Waals surface area contributed by atoms with E-state index in [0.29, 0.717) is 19.7 Å². The minimum Gasteiger partial charge on any atom is -0.378 e. The van der Waals surface area contributed by atoms with E-state index in [1.54, 1.807) is 0 Å². The third kappa shape index (κ3) is 3.62. The highest BCUT2D eigenvalue weighted by Gasteiger charge is 2.28. The standard InChI is InChI=1S/C10H21N3O3S/c1-9-8-10(2-7-16-9)12-17(14,15)13-5-3-11-4-6-13/h9-12H,2-8H2,1H3. The van der Waals surface area contributed by atoms with Gasteiger partial charge in [0.2, 0.25) is 0 Å². The van der Waals surface area contributed by atoms with E-state index in [2.05, 4.69) is 10.0 Å². The SMILES string of the molecule is CC1CC(NS(=O)(=O)N2CCNCC2)CCO1. The number of hydrogen-bond acceptors (Lipinski definition) is 4. The Bertz CT molecular complexity index is 341. The fraction of sp³-hybridized carbons (Fsp3) is 1.00. The van der Waals surface area contributed by atoms with Gasteiger partial charge in [-0.2, -0.15) is 17.4 Å². The first-order valence-electron chi connectivity index (χ1n) is 6.17. The number of nitrogens with one attached hydrogen (secondary N) is 2. The Morgan fingerprint density at radius 3 is 2.71 bits per heavy atom. The van der Waals surface area contributed by atoms with Gasteiger partial charge in [-0.25, -0.2) is 0 Å². The zero-order valence-corrected chi connectivity index (χ0v) is 11.0. The van der Waals surface area contributed by atoms with Crippen LogP contribution in [0, 0.1) is 0 Å². The van der Waals surface area contributed by atoms with Gasteiger partial charge in [-0.3, -0.25) is 0 Å². The number of piperazine rings is 1. The molecule has 2 aliphatic rings. The number of nitrogens with zero attached hydrogens (tertiary/aromatic N) is 1. The summed E-state index contributed by atoms with van der Waals surface area (Å²) < 4.78 is 33.9. The molecule has 2 rings (SSSR count). The molecule has 2 unspecified atom stereocenters. The molecule has 0 saturated carbocycles. The summed E-state index contributed by atoms with van der Waals surface area (Å²) in [5, 5.41) is 3.14. The maximum absolute atomic E-state index is 12.1. The topological polar surface area (TPSA) is 70.7 Å². The molecule has 0 bridgehead atoms. The summed E-state index contributed by atoms with van der Waals surface area (Å²) in [5.74, 6) is 0. The Hall–Kier alpha value is -0.210. The van der Waals surface area contributed by atoms with E-state index in [4.69, 9.17) is 4.74 Å². The van der Waals surface area contributed by atoms with Gasteiger partial charge in [0, 0.05) is 38.8 Å². The largest absolute Gasteiger partial charge is 0.378 e. The van der Waals surface area contributed by atoms with Gasteiger partial charge in [0.25, 0.3) is 10.2 Å². The van der Waals surface area contributed by atoms with Crippen LogP contribution in [0.15, 0.2) is 0 Å². The first kappa shape index (κ1) is 13.2. The lowest BCUT2D eigenvalue weighted by Crippen LogP contribution is -2.53. The molecule has 2 N–H and O–H groups in total. The predicted molar refractivity (Wildman–Crippen MR) is 64.9 cm³/mol. The summed E-state index contributed by atoms with van der Waals surface area (Å²) >= 11 is 0. The third-order valence-electron chi connectivity index (χ3n) is 3.22. The fourth-order valence-corrected chi connectivity index (χ4v) is 3.72. The van der Waals surface area contributed by atoms with Crippen molar-refractivity contribution in [3.05, 3.63) is 0 Å². The number of ether oxygens (including phenoxy) is 1. The summed E-state index contributed by atoms with van der Waals surface area (Å²) in [6.07, 6.45) is 1.65. The predicted octanol–water partition coefficient (Wildman–Crippen LogP) is -0.706. The summed E-state index contributed by atoms with van der Waals surface area (Å²) in [5.41, 5.74) is 0. The van der Waals surface area contributed by atoms with Crippen molar-refractivity contribution in [3.8, 4) is 0 Å². The monoisotopic (exact) mass is 263 g/mol. The molecular formula is C10H21N3O3S. The van der Waals surface area contributed by atoms with Gasteiger partial charge in [-0.05, 0) is 19.8 Å². The zero-order chi connectivity index (χ0) is 12.3. The van der Waals surface area contributed by atoms with Crippen LogP contribution < -0.4 is 10.0 Å². The van der Waals surface area contributed by atoms with Crippen LogP contribution in [0.25, 0.3) is 0 Å². The van der Waals surface area contributed by atoms with Crippen LogP contribution in [0.4, 0.5) is 0 Å². The molecule has 100 valence electrons. The quantitative estimate of drug-likeness (QED) is 0.706. The molecule has 2 atom stereocenters. The Balaban J connectivity index is 1.91. The molecule has 2 aliphatic heterocycles. The summed E-state index contributed by atoms with van der Waals surface area (Å²) in [4.78, 5) is 0. The van der Waals surface area contributed by atoms with Crippen LogP contribution in [0.5, 0.6) is 0 Å². The number of hydrogen-bond donors (Lipinski definition) is 2. The lowest BCUT2D eigenvalue weighted by molar-refractivity contribution is 0.0170. The summed E-state index contributed by atoms with van der Waals surface area (Å²) in [6.45, 7) is 5.17. The average Bonchev–Trinajstić information content (AvgIpc) is 2.29. The van der Waals surface area contributed by atoms with Crippen LogP contribution in [0.2, 0.25) is 0 Å². The molecule has 17 heavy (non-hydrogen) atoms. The molecule has 0 aromatic heterocycles. The molecule has 0 aliphatic carbocycles. The molecule has 2 fully saturated rings. The van der Waals surface area contributed by atoms with Gasteiger partial charge in [0.1, 0.15) is 0 Å². The Kier molecular flexibility index (Phi) is 4.37. The van der Waals surface area contributed by atoms with Crippen molar-refractivity contribution in [3.63, 3.8) is 0 Å². The fourth-order valence-electron chi connectivity index (χ4n) is 2.27. The molecule has 0 radical (unpaired) electrons. The Labute approximate surface area is 103 Å². The van der Waals surface area contributed by atoms with Crippen molar-refractivity contribution in [2.24, 2.45) is 0 Å². The molecular weight excluding hydrogens is 242 g/mol. The second-order valence-corrected chi connectivity index (χ2v) is 6.38. The van der Waals surface area contributed by atoms with Gasteiger partial charge in [0.05, 0.1) is 6.10 Å². The van der Waals surface area contributed by atoms with Crippen LogP contribution in [-0.2, 0) is 14.9 Å².